The summed E-state index contributed by atoms with van der Waals surface area (Å²) in [5, 5.41) is 13.7. The minimum atomic E-state index is -0.484. The molecule has 2 N–H and O–H groups in total. The molecule has 1 saturated heterocycles. The number of ether oxygens (including phenoxy) is 3. The number of benzene rings is 2. The number of nitrogens with one attached hydrogen (secondary N) is 1. The van der Waals surface area contributed by atoms with Crippen molar-refractivity contribution >= 4 is 34.8 Å². The standard InChI is InChI=1S/C20H21Cl2NO5/c21-14-5-7-18(15(22)12-14)26-8-1-3-19(25)23-16-11-13(4-6-17(16)24)20-27-9-2-10-28-20/h4-7,11-12,20,24H,1-3,8-10H2,(H,23,25). The molecule has 0 aliphatic carbocycles. The maximum absolute atomic E-state index is 12.2. The lowest BCUT2D eigenvalue weighted by Gasteiger charge is -2.24. The summed E-state index contributed by atoms with van der Waals surface area (Å²) >= 11 is 11.9. The average Bonchev–Trinajstić information content (AvgIpc) is 2.69. The second kappa shape index (κ2) is 9.98. The Morgan fingerprint density at radius 2 is 1.96 bits per heavy atom. The van der Waals surface area contributed by atoms with E-state index in [0.717, 1.165) is 12.0 Å². The van der Waals surface area contributed by atoms with Crippen molar-refractivity contribution in [1.29, 1.82) is 0 Å². The van der Waals surface area contributed by atoms with E-state index in [9.17, 15) is 9.90 Å². The van der Waals surface area contributed by atoms with Crippen LogP contribution in [-0.2, 0) is 14.3 Å². The fourth-order valence-corrected chi connectivity index (χ4v) is 3.16. The molecule has 1 fully saturated rings. The Balaban J connectivity index is 1.49. The van der Waals surface area contributed by atoms with E-state index in [4.69, 9.17) is 37.4 Å². The lowest BCUT2D eigenvalue weighted by molar-refractivity contribution is -0.183. The zero-order chi connectivity index (χ0) is 19.9. The molecule has 0 atom stereocenters. The molecule has 8 heteroatoms. The van der Waals surface area contributed by atoms with E-state index >= 15 is 0 Å². The van der Waals surface area contributed by atoms with E-state index in [0.29, 0.717) is 47.7 Å². The van der Waals surface area contributed by atoms with Gasteiger partial charge in [0.25, 0.3) is 0 Å². The van der Waals surface area contributed by atoms with Crippen molar-refractivity contribution in [3.63, 3.8) is 0 Å². The molecule has 28 heavy (non-hydrogen) atoms. The minimum absolute atomic E-state index is 0.0166. The molecule has 1 aliphatic heterocycles. The van der Waals surface area contributed by atoms with Crippen LogP contribution in [0.2, 0.25) is 10.0 Å². The highest BCUT2D eigenvalue weighted by atomic mass is 35.5. The quantitative estimate of drug-likeness (QED) is 0.485. The Hall–Kier alpha value is -1.99. The van der Waals surface area contributed by atoms with Gasteiger partial charge in [-0.15, -0.1) is 0 Å². The van der Waals surface area contributed by atoms with Gasteiger partial charge in [0.2, 0.25) is 5.91 Å². The molecule has 0 unspecified atom stereocenters. The maximum Gasteiger partial charge on any atom is 0.224 e. The van der Waals surface area contributed by atoms with Gasteiger partial charge in [-0.25, -0.2) is 0 Å². The first-order valence-electron chi connectivity index (χ1n) is 8.97. The molecule has 2 aromatic carbocycles. The fraction of sp³-hybridized carbons (Fsp3) is 0.350. The third-order valence-electron chi connectivity index (χ3n) is 4.09. The van der Waals surface area contributed by atoms with Gasteiger partial charge in [-0.2, -0.15) is 0 Å². The van der Waals surface area contributed by atoms with Crippen molar-refractivity contribution < 1.29 is 24.1 Å². The summed E-state index contributed by atoms with van der Waals surface area (Å²) in [4.78, 5) is 12.2. The third-order valence-corrected chi connectivity index (χ3v) is 4.62. The number of hydrogen-bond donors (Lipinski definition) is 2. The lowest BCUT2D eigenvalue weighted by atomic mass is 10.1. The van der Waals surface area contributed by atoms with E-state index in [2.05, 4.69) is 5.32 Å². The molecule has 0 saturated carbocycles. The highest BCUT2D eigenvalue weighted by Gasteiger charge is 2.18. The summed E-state index contributed by atoms with van der Waals surface area (Å²) in [5.74, 6) is 0.269. The van der Waals surface area contributed by atoms with Gasteiger partial charge in [-0.1, -0.05) is 29.3 Å². The Morgan fingerprint density at radius 1 is 1.18 bits per heavy atom. The van der Waals surface area contributed by atoms with Crippen LogP contribution in [0.5, 0.6) is 11.5 Å². The number of hydrogen-bond acceptors (Lipinski definition) is 5. The minimum Gasteiger partial charge on any atom is -0.506 e. The van der Waals surface area contributed by atoms with Crippen LogP contribution in [0.3, 0.4) is 0 Å². The van der Waals surface area contributed by atoms with Crippen molar-refractivity contribution in [2.24, 2.45) is 0 Å². The van der Waals surface area contributed by atoms with Crippen LogP contribution in [0.25, 0.3) is 0 Å². The predicted octanol–water partition coefficient (Wildman–Crippen LogP) is 4.93. The molecule has 0 spiro atoms. The normalized spacial score (nSPS) is 14.6. The summed E-state index contributed by atoms with van der Waals surface area (Å²) in [5.41, 5.74) is 1.07. The second-order valence-electron chi connectivity index (χ2n) is 6.28. The molecule has 0 radical (unpaired) electrons. The van der Waals surface area contributed by atoms with Crippen LogP contribution < -0.4 is 10.1 Å². The van der Waals surface area contributed by atoms with Crippen molar-refractivity contribution in [1.82, 2.24) is 0 Å². The monoisotopic (exact) mass is 425 g/mol. The van der Waals surface area contributed by atoms with E-state index in [1.807, 2.05) is 0 Å². The largest absolute Gasteiger partial charge is 0.506 e. The third kappa shape index (κ3) is 5.75. The van der Waals surface area contributed by atoms with Crippen molar-refractivity contribution in [3.05, 3.63) is 52.0 Å². The zero-order valence-corrected chi connectivity index (χ0v) is 16.6. The van der Waals surface area contributed by atoms with Gasteiger partial charge in [-0.05, 0) is 43.2 Å². The van der Waals surface area contributed by atoms with Gasteiger partial charge >= 0.3 is 0 Å². The second-order valence-corrected chi connectivity index (χ2v) is 7.12. The van der Waals surface area contributed by atoms with Gasteiger partial charge in [-0.3, -0.25) is 4.79 Å². The van der Waals surface area contributed by atoms with E-state index in [-0.39, 0.29) is 18.1 Å². The van der Waals surface area contributed by atoms with E-state index < -0.39 is 6.29 Å². The van der Waals surface area contributed by atoms with Crippen LogP contribution in [0.1, 0.15) is 31.1 Å². The topological polar surface area (TPSA) is 77.0 Å². The highest BCUT2D eigenvalue weighted by molar-refractivity contribution is 6.35. The first kappa shape index (κ1) is 20.7. The number of phenols is 1. The number of aromatic hydroxyl groups is 1. The first-order valence-corrected chi connectivity index (χ1v) is 9.72. The van der Waals surface area contributed by atoms with Crippen LogP contribution in [0.15, 0.2) is 36.4 Å². The van der Waals surface area contributed by atoms with Gasteiger partial charge in [0.05, 0.1) is 30.5 Å². The highest BCUT2D eigenvalue weighted by Crippen LogP contribution is 2.31. The van der Waals surface area contributed by atoms with E-state index in [1.54, 1.807) is 30.3 Å². The van der Waals surface area contributed by atoms with Crippen LogP contribution in [-0.4, -0.2) is 30.8 Å². The van der Waals surface area contributed by atoms with Crippen molar-refractivity contribution in [2.75, 3.05) is 25.1 Å². The summed E-state index contributed by atoms with van der Waals surface area (Å²) in [6, 6.07) is 9.85. The van der Waals surface area contributed by atoms with Crippen LogP contribution >= 0.6 is 23.2 Å². The predicted molar refractivity (Wildman–Crippen MR) is 107 cm³/mol. The van der Waals surface area contributed by atoms with Gasteiger partial charge in [0, 0.05) is 17.0 Å². The van der Waals surface area contributed by atoms with Crippen LogP contribution in [0, 0.1) is 0 Å². The molecule has 2 aromatic rings. The number of amides is 1. The molecule has 1 amide bonds. The Kier molecular flexibility index (Phi) is 7.39. The summed E-state index contributed by atoms with van der Waals surface area (Å²) in [7, 11) is 0. The number of carbonyl (C=O) groups is 1. The summed E-state index contributed by atoms with van der Waals surface area (Å²) < 4.78 is 16.7. The molecular weight excluding hydrogens is 405 g/mol. The molecule has 0 bridgehead atoms. The molecule has 3 rings (SSSR count). The summed E-state index contributed by atoms with van der Waals surface area (Å²) in [6.07, 6.45) is 1.08. The van der Waals surface area contributed by atoms with Crippen LogP contribution in [0.4, 0.5) is 5.69 Å². The smallest absolute Gasteiger partial charge is 0.224 e. The number of anilines is 1. The molecule has 1 heterocycles. The fourth-order valence-electron chi connectivity index (χ4n) is 2.70. The van der Waals surface area contributed by atoms with Gasteiger partial charge in [0.15, 0.2) is 6.29 Å². The average molecular weight is 426 g/mol. The Bertz CT molecular complexity index is 824. The SMILES string of the molecule is O=C(CCCOc1ccc(Cl)cc1Cl)Nc1cc(C2OCCCO2)ccc1O. The Morgan fingerprint density at radius 3 is 2.71 bits per heavy atom. The molecule has 0 aromatic heterocycles. The number of halogens is 2. The van der Waals surface area contributed by atoms with Gasteiger partial charge < -0.3 is 24.6 Å². The Labute approximate surface area is 173 Å². The zero-order valence-electron chi connectivity index (χ0n) is 15.1. The first-order chi connectivity index (χ1) is 13.5. The molecule has 1 aliphatic rings. The molecule has 6 nitrogen and oxygen atoms in total. The van der Waals surface area contributed by atoms with Gasteiger partial charge in [0.1, 0.15) is 11.5 Å². The lowest BCUT2D eigenvalue weighted by Crippen LogP contribution is -2.18. The molecule has 150 valence electrons. The maximum atomic E-state index is 12.2. The van der Waals surface area contributed by atoms with Crippen molar-refractivity contribution in [2.45, 2.75) is 25.6 Å². The van der Waals surface area contributed by atoms with E-state index in [1.165, 1.54) is 6.07 Å². The number of carbonyl (C=O) groups excluding carboxylic acids is 1. The summed E-state index contributed by atoms with van der Waals surface area (Å²) in [6.45, 7) is 1.56. The van der Waals surface area contributed by atoms with Crippen molar-refractivity contribution in [3.8, 4) is 11.5 Å². The number of phenolic OH excluding ortho intramolecular Hbond substituents is 1. The molecular formula is C20H21Cl2NO5. The number of rotatable bonds is 7.